The van der Waals surface area contributed by atoms with Gasteiger partial charge in [-0.2, -0.15) is 0 Å². The number of hydrogen-bond acceptors (Lipinski definition) is 3. The average molecular weight is 335 g/mol. The van der Waals surface area contributed by atoms with Gasteiger partial charge in [0.25, 0.3) is 5.91 Å². The number of rotatable bonds is 5. The molecule has 1 unspecified atom stereocenters. The van der Waals surface area contributed by atoms with E-state index in [4.69, 9.17) is 5.11 Å². The third kappa shape index (κ3) is 3.03. The molecule has 1 aliphatic heterocycles. The van der Waals surface area contributed by atoms with Crippen LogP contribution in [0.5, 0.6) is 0 Å². The van der Waals surface area contributed by atoms with Crippen LogP contribution in [-0.2, 0) is 17.6 Å². The summed E-state index contributed by atoms with van der Waals surface area (Å²) >= 11 is 1.65. The first kappa shape index (κ1) is 16.5. The number of hydrogen-bond donors (Lipinski definition) is 1. The Balaban J connectivity index is 1.65. The summed E-state index contributed by atoms with van der Waals surface area (Å²) in [6.45, 7) is 5.70. The van der Waals surface area contributed by atoms with Crippen LogP contribution in [0.3, 0.4) is 0 Å². The van der Waals surface area contributed by atoms with Gasteiger partial charge in [0.1, 0.15) is 0 Å². The molecule has 2 fully saturated rings. The number of amides is 1. The number of aliphatic carboxylic acids is 1. The van der Waals surface area contributed by atoms with Crippen molar-refractivity contribution in [2.45, 2.75) is 52.4 Å². The molecule has 0 aromatic carbocycles. The first-order chi connectivity index (χ1) is 11.0. The van der Waals surface area contributed by atoms with E-state index in [-0.39, 0.29) is 17.2 Å². The maximum Gasteiger partial charge on any atom is 0.307 e. The molecule has 1 atom stereocenters. The van der Waals surface area contributed by atoms with Gasteiger partial charge in [0.2, 0.25) is 0 Å². The van der Waals surface area contributed by atoms with Gasteiger partial charge in [0, 0.05) is 18.0 Å². The van der Waals surface area contributed by atoms with E-state index in [2.05, 4.69) is 19.9 Å². The standard InChI is InChI=1S/C18H25NO3S/c1-3-5-14-12(4-2)10-15(23-14)16(20)19-8-6-18(7-9-19)11-13(18)17(21)22/h10,13H,3-9,11H2,1-2H3,(H,21,22). The number of carbonyl (C=O) groups excluding carboxylic acids is 1. The second-order valence-corrected chi connectivity index (χ2v) is 8.05. The van der Waals surface area contributed by atoms with Crippen LogP contribution in [-0.4, -0.2) is 35.0 Å². The lowest BCUT2D eigenvalue weighted by atomic mass is 9.90. The van der Waals surface area contributed by atoms with Crippen molar-refractivity contribution in [1.82, 2.24) is 4.90 Å². The summed E-state index contributed by atoms with van der Waals surface area (Å²) in [5.41, 5.74) is 1.29. The number of likely N-dealkylation sites (tertiary alicyclic amines) is 1. The van der Waals surface area contributed by atoms with Gasteiger partial charge in [-0.25, -0.2) is 0 Å². The van der Waals surface area contributed by atoms with Crippen LogP contribution in [0.1, 0.15) is 59.6 Å². The Kier molecular flexibility index (Phi) is 4.50. The highest BCUT2D eigenvalue weighted by Crippen LogP contribution is 2.59. The summed E-state index contributed by atoms with van der Waals surface area (Å²) in [4.78, 5) is 28.0. The molecule has 4 nitrogen and oxygen atoms in total. The normalized spacial score (nSPS) is 22.3. The summed E-state index contributed by atoms with van der Waals surface area (Å²) in [5.74, 6) is -0.710. The van der Waals surface area contributed by atoms with Crippen molar-refractivity contribution in [3.05, 3.63) is 21.4 Å². The number of carboxylic acid groups (broad SMARTS) is 1. The first-order valence-corrected chi connectivity index (χ1v) is 9.46. The molecule has 0 bridgehead atoms. The number of carbonyl (C=O) groups is 2. The Morgan fingerprint density at radius 3 is 2.57 bits per heavy atom. The molecule has 126 valence electrons. The van der Waals surface area contributed by atoms with Crippen LogP contribution < -0.4 is 0 Å². The lowest BCUT2D eigenvalue weighted by molar-refractivity contribution is -0.139. The monoisotopic (exact) mass is 335 g/mol. The molecule has 23 heavy (non-hydrogen) atoms. The van der Waals surface area contributed by atoms with Crippen molar-refractivity contribution in [3.63, 3.8) is 0 Å². The molecule has 2 aliphatic rings. The Bertz CT molecular complexity index is 614. The van der Waals surface area contributed by atoms with Crippen LogP contribution >= 0.6 is 11.3 Å². The van der Waals surface area contributed by atoms with Gasteiger partial charge in [-0.15, -0.1) is 11.3 Å². The summed E-state index contributed by atoms with van der Waals surface area (Å²) < 4.78 is 0. The molecule has 1 aromatic heterocycles. The largest absolute Gasteiger partial charge is 0.481 e. The minimum Gasteiger partial charge on any atom is -0.481 e. The van der Waals surface area contributed by atoms with Crippen molar-refractivity contribution in [1.29, 1.82) is 0 Å². The van der Waals surface area contributed by atoms with Crippen LogP contribution in [0, 0.1) is 11.3 Å². The molecule has 1 aliphatic carbocycles. The zero-order valence-electron chi connectivity index (χ0n) is 13.9. The third-order valence-electron chi connectivity index (χ3n) is 5.50. The molecular formula is C18H25NO3S. The highest BCUT2D eigenvalue weighted by molar-refractivity contribution is 7.14. The maximum atomic E-state index is 12.8. The quantitative estimate of drug-likeness (QED) is 0.894. The molecule has 5 heteroatoms. The van der Waals surface area contributed by atoms with Crippen molar-refractivity contribution in [2.24, 2.45) is 11.3 Å². The summed E-state index contributed by atoms with van der Waals surface area (Å²) in [5, 5.41) is 9.16. The molecule has 1 saturated heterocycles. The molecule has 3 rings (SSSR count). The second kappa shape index (κ2) is 6.27. The Hall–Kier alpha value is -1.36. The molecule has 1 aromatic rings. The van der Waals surface area contributed by atoms with E-state index in [1.807, 2.05) is 4.90 Å². The minimum atomic E-state index is -0.667. The van der Waals surface area contributed by atoms with Crippen molar-refractivity contribution < 1.29 is 14.7 Å². The molecule has 1 saturated carbocycles. The minimum absolute atomic E-state index is 0.0139. The summed E-state index contributed by atoms with van der Waals surface area (Å²) in [6.07, 6.45) is 5.59. The maximum absolute atomic E-state index is 12.8. The number of aryl methyl sites for hydroxylation is 2. The van der Waals surface area contributed by atoms with Crippen LogP contribution in [0.2, 0.25) is 0 Å². The van der Waals surface area contributed by atoms with Gasteiger partial charge in [-0.1, -0.05) is 20.3 Å². The molecule has 1 amide bonds. The van der Waals surface area contributed by atoms with Crippen LogP contribution in [0.15, 0.2) is 6.07 Å². The van der Waals surface area contributed by atoms with Gasteiger partial charge in [-0.3, -0.25) is 9.59 Å². The average Bonchev–Trinajstić information content (AvgIpc) is 3.09. The lowest BCUT2D eigenvalue weighted by Gasteiger charge is -2.32. The fourth-order valence-corrected chi connectivity index (χ4v) is 5.19. The second-order valence-electron chi connectivity index (χ2n) is 6.91. The predicted octanol–water partition coefficient (Wildman–Crippen LogP) is 3.59. The number of piperidine rings is 1. The first-order valence-electron chi connectivity index (χ1n) is 8.64. The van der Waals surface area contributed by atoms with E-state index >= 15 is 0 Å². The molecule has 0 radical (unpaired) electrons. The predicted molar refractivity (Wildman–Crippen MR) is 91.0 cm³/mol. The molecular weight excluding hydrogens is 310 g/mol. The smallest absolute Gasteiger partial charge is 0.307 e. The van der Waals surface area contributed by atoms with E-state index in [0.29, 0.717) is 13.1 Å². The van der Waals surface area contributed by atoms with Gasteiger partial charge >= 0.3 is 5.97 Å². The van der Waals surface area contributed by atoms with E-state index in [1.165, 1.54) is 10.4 Å². The van der Waals surface area contributed by atoms with Crippen molar-refractivity contribution in [3.8, 4) is 0 Å². The Morgan fingerprint density at radius 1 is 1.35 bits per heavy atom. The van der Waals surface area contributed by atoms with Crippen molar-refractivity contribution in [2.75, 3.05) is 13.1 Å². The number of carboxylic acids is 1. The number of nitrogens with zero attached hydrogens (tertiary/aromatic N) is 1. The van der Waals surface area contributed by atoms with Crippen LogP contribution in [0.4, 0.5) is 0 Å². The van der Waals surface area contributed by atoms with E-state index in [9.17, 15) is 9.59 Å². The third-order valence-corrected chi connectivity index (χ3v) is 6.72. The summed E-state index contributed by atoms with van der Waals surface area (Å²) in [7, 11) is 0. The molecule has 1 N–H and O–H groups in total. The van der Waals surface area contributed by atoms with E-state index in [0.717, 1.165) is 43.4 Å². The lowest BCUT2D eigenvalue weighted by Crippen LogP contribution is -2.39. The number of thiophene rings is 1. The zero-order chi connectivity index (χ0) is 16.6. The zero-order valence-corrected chi connectivity index (χ0v) is 14.7. The molecule has 1 spiro atoms. The van der Waals surface area contributed by atoms with Crippen molar-refractivity contribution >= 4 is 23.2 Å². The van der Waals surface area contributed by atoms with Gasteiger partial charge in [-0.05, 0) is 49.1 Å². The summed E-state index contributed by atoms with van der Waals surface area (Å²) in [6, 6.07) is 2.07. The SMILES string of the molecule is CCCc1sc(C(=O)N2CCC3(CC2)CC3C(=O)O)cc1CC. The van der Waals surface area contributed by atoms with Gasteiger partial charge in [0.05, 0.1) is 10.8 Å². The molecule has 2 heterocycles. The van der Waals surface area contributed by atoms with E-state index < -0.39 is 5.97 Å². The van der Waals surface area contributed by atoms with E-state index in [1.54, 1.807) is 11.3 Å². The Labute approximate surface area is 141 Å². The highest BCUT2D eigenvalue weighted by atomic mass is 32.1. The topological polar surface area (TPSA) is 57.6 Å². The van der Waals surface area contributed by atoms with Gasteiger partial charge in [0.15, 0.2) is 0 Å². The highest BCUT2D eigenvalue weighted by Gasteiger charge is 2.59. The Morgan fingerprint density at radius 2 is 2.04 bits per heavy atom. The fourth-order valence-electron chi connectivity index (χ4n) is 3.87. The fraction of sp³-hybridized carbons (Fsp3) is 0.667. The van der Waals surface area contributed by atoms with Gasteiger partial charge < -0.3 is 10.0 Å². The van der Waals surface area contributed by atoms with Crippen LogP contribution in [0.25, 0.3) is 0 Å².